The van der Waals surface area contributed by atoms with Crippen LogP contribution in [0.5, 0.6) is 0 Å². The van der Waals surface area contributed by atoms with Gasteiger partial charge in [0.15, 0.2) is 0 Å². The molecule has 0 aliphatic carbocycles. The Labute approximate surface area is 71.7 Å². The third kappa shape index (κ3) is 1.80. The van der Waals surface area contributed by atoms with Crippen molar-refractivity contribution < 1.29 is 13.2 Å². The molecular formula is C8H6F3NO. The number of aromatic amines is 1. The highest BCUT2D eigenvalue weighted by atomic mass is 19.4. The molecule has 0 unspecified atom stereocenters. The van der Waals surface area contributed by atoms with Crippen LogP contribution >= 0.6 is 0 Å². The van der Waals surface area contributed by atoms with Crippen LogP contribution in [0.25, 0.3) is 6.08 Å². The molecule has 1 rings (SSSR count). The van der Waals surface area contributed by atoms with Crippen molar-refractivity contribution in [3.05, 3.63) is 40.3 Å². The molecule has 0 radical (unpaired) electrons. The van der Waals surface area contributed by atoms with Crippen LogP contribution in [0.2, 0.25) is 0 Å². The van der Waals surface area contributed by atoms with Crippen molar-refractivity contribution in [2.45, 2.75) is 6.18 Å². The van der Waals surface area contributed by atoms with Crippen LogP contribution in [0.1, 0.15) is 11.1 Å². The third-order valence-corrected chi connectivity index (χ3v) is 1.51. The van der Waals surface area contributed by atoms with Gasteiger partial charge in [-0.15, -0.1) is 0 Å². The molecule has 0 aliphatic rings. The van der Waals surface area contributed by atoms with E-state index in [9.17, 15) is 18.0 Å². The van der Waals surface area contributed by atoms with Crippen molar-refractivity contribution in [3.63, 3.8) is 0 Å². The fraction of sp³-hybridized carbons (Fsp3) is 0.125. The van der Waals surface area contributed by atoms with E-state index in [4.69, 9.17) is 0 Å². The summed E-state index contributed by atoms with van der Waals surface area (Å²) in [5.74, 6) is 0. The second-order valence-electron chi connectivity index (χ2n) is 2.34. The van der Waals surface area contributed by atoms with Crippen LogP contribution in [0.3, 0.4) is 0 Å². The van der Waals surface area contributed by atoms with E-state index in [1.165, 1.54) is 0 Å². The van der Waals surface area contributed by atoms with E-state index in [0.717, 1.165) is 18.3 Å². The van der Waals surface area contributed by atoms with Gasteiger partial charge in [-0.25, -0.2) is 0 Å². The molecule has 2 nitrogen and oxygen atoms in total. The predicted octanol–water partition coefficient (Wildman–Crippen LogP) is 2.04. The van der Waals surface area contributed by atoms with E-state index in [1.807, 2.05) is 0 Å². The minimum Gasteiger partial charge on any atom is -0.329 e. The van der Waals surface area contributed by atoms with Gasteiger partial charge in [0.2, 0.25) is 0 Å². The highest BCUT2D eigenvalue weighted by molar-refractivity contribution is 5.51. The first-order valence-corrected chi connectivity index (χ1v) is 3.38. The molecule has 0 saturated carbocycles. The number of aromatic nitrogens is 1. The van der Waals surface area contributed by atoms with Gasteiger partial charge in [-0.1, -0.05) is 12.7 Å². The number of pyridine rings is 1. The van der Waals surface area contributed by atoms with Crippen molar-refractivity contribution in [2.75, 3.05) is 0 Å². The monoisotopic (exact) mass is 189 g/mol. The summed E-state index contributed by atoms with van der Waals surface area (Å²) in [6.45, 7) is 3.15. The van der Waals surface area contributed by atoms with E-state index in [0.29, 0.717) is 0 Å². The van der Waals surface area contributed by atoms with Crippen LogP contribution in [-0.2, 0) is 6.18 Å². The lowest BCUT2D eigenvalue weighted by molar-refractivity contribution is -0.137. The van der Waals surface area contributed by atoms with Crippen LogP contribution in [0.4, 0.5) is 13.2 Å². The van der Waals surface area contributed by atoms with Gasteiger partial charge in [0.05, 0.1) is 11.1 Å². The average Bonchev–Trinajstić information content (AvgIpc) is 2.02. The maximum Gasteiger partial charge on any atom is 0.417 e. The van der Waals surface area contributed by atoms with Gasteiger partial charge in [0.25, 0.3) is 5.56 Å². The summed E-state index contributed by atoms with van der Waals surface area (Å²) in [5.41, 5.74) is -2.20. The molecule has 0 aromatic carbocycles. The zero-order chi connectivity index (χ0) is 10.1. The normalized spacial score (nSPS) is 11.3. The Kier molecular flexibility index (Phi) is 2.27. The van der Waals surface area contributed by atoms with Crippen LogP contribution in [-0.4, -0.2) is 4.98 Å². The summed E-state index contributed by atoms with van der Waals surface area (Å²) in [5, 5.41) is 0. The largest absolute Gasteiger partial charge is 0.417 e. The Morgan fingerprint density at radius 2 is 2.08 bits per heavy atom. The van der Waals surface area contributed by atoms with Crippen LogP contribution in [0.15, 0.2) is 23.6 Å². The number of alkyl halides is 3. The highest BCUT2D eigenvalue weighted by Gasteiger charge is 2.33. The van der Waals surface area contributed by atoms with E-state index >= 15 is 0 Å². The van der Waals surface area contributed by atoms with Gasteiger partial charge < -0.3 is 4.98 Å². The summed E-state index contributed by atoms with van der Waals surface area (Å²) in [6, 6.07) is 0.804. The molecular weight excluding hydrogens is 183 g/mol. The number of hydrogen-bond donors (Lipinski definition) is 1. The molecule has 0 fully saturated rings. The second kappa shape index (κ2) is 3.08. The molecule has 1 aromatic heterocycles. The molecule has 0 spiro atoms. The maximum atomic E-state index is 12.2. The Balaban J connectivity index is 3.46. The number of rotatable bonds is 1. The highest BCUT2D eigenvalue weighted by Crippen LogP contribution is 2.30. The molecule has 0 aliphatic heterocycles. The lowest BCUT2D eigenvalue weighted by atomic mass is 10.1. The van der Waals surface area contributed by atoms with Crippen LogP contribution in [0, 0.1) is 0 Å². The summed E-state index contributed by atoms with van der Waals surface area (Å²) in [7, 11) is 0. The van der Waals surface area contributed by atoms with Gasteiger partial charge >= 0.3 is 6.18 Å². The van der Waals surface area contributed by atoms with E-state index in [2.05, 4.69) is 11.6 Å². The minimum absolute atomic E-state index is 0.449. The first-order valence-electron chi connectivity index (χ1n) is 3.38. The molecule has 1 aromatic rings. The summed E-state index contributed by atoms with van der Waals surface area (Å²) >= 11 is 0. The first kappa shape index (κ1) is 9.57. The maximum absolute atomic E-state index is 12.2. The van der Waals surface area contributed by atoms with Gasteiger partial charge in [-0.2, -0.15) is 13.2 Å². The fourth-order valence-electron chi connectivity index (χ4n) is 0.940. The zero-order valence-corrected chi connectivity index (χ0v) is 6.48. The number of hydrogen-bond acceptors (Lipinski definition) is 1. The Morgan fingerprint density at radius 1 is 1.46 bits per heavy atom. The Morgan fingerprint density at radius 3 is 2.46 bits per heavy atom. The summed E-state index contributed by atoms with van der Waals surface area (Å²) in [6.07, 6.45) is -2.67. The molecule has 0 saturated heterocycles. The number of halogens is 3. The minimum atomic E-state index is -4.52. The Hall–Kier alpha value is -1.52. The lowest BCUT2D eigenvalue weighted by Gasteiger charge is -2.08. The molecule has 0 amide bonds. The predicted molar refractivity (Wildman–Crippen MR) is 42.2 cm³/mol. The standard InChI is InChI=1S/C8H6F3NO/c1-2-5-6(8(9,10)11)3-4-12-7(5)13/h2-4H,1H2,(H,12,13). The van der Waals surface area contributed by atoms with Crippen molar-refractivity contribution in [1.29, 1.82) is 0 Å². The number of H-pyrrole nitrogens is 1. The van der Waals surface area contributed by atoms with Crippen molar-refractivity contribution in [1.82, 2.24) is 4.98 Å². The molecule has 0 bridgehead atoms. The van der Waals surface area contributed by atoms with Crippen molar-refractivity contribution >= 4 is 6.08 Å². The van der Waals surface area contributed by atoms with E-state index in [-0.39, 0.29) is 0 Å². The zero-order valence-electron chi connectivity index (χ0n) is 6.48. The van der Waals surface area contributed by atoms with Gasteiger partial charge in [-0.3, -0.25) is 4.79 Å². The molecule has 1 heterocycles. The average molecular weight is 189 g/mol. The van der Waals surface area contributed by atoms with Crippen molar-refractivity contribution in [3.8, 4) is 0 Å². The molecule has 0 atom stereocenters. The quantitative estimate of drug-likeness (QED) is 0.720. The molecule has 1 N–H and O–H groups in total. The SMILES string of the molecule is C=Cc1c(C(F)(F)F)cc[nH]c1=O. The van der Waals surface area contributed by atoms with Gasteiger partial charge in [0.1, 0.15) is 0 Å². The van der Waals surface area contributed by atoms with Gasteiger partial charge in [-0.05, 0) is 6.07 Å². The van der Waals surface area contributed by atoms with Gasteiger partial charge in [0, 0.05) is 6.20 Å². The number of nitrogens with one attached hydrogen (secondary N) is 1. The summed E-state index contributed by atoms with van der Waals surface area (Å²) in [4.78, 5) is 13.0. The molecule has 5 heteroatoms. The second-order valence-corrected chi connectivity index (χ2v) is 2.34. The topological polar surface area (TPSA) is 32.9 Å². The Bertz CT molecular complexity index is 378. The molecule has 70 valence electrons. The molecule has 13 heavy (non-hydrogen) atoms. The van der Waals surface area contributed by atoms with E-state index < -0.39 is 22.9 Å². The first-order chi connectivity index (χ1) is 5.96. The summed E-state index contributed by atoms with van der Waals surface area (Å²) < 4.78 is 36.6. The third-order valence-electron chi connectivity index (χ3n) is 1.51. The smallest absolute Gasteiger partial charge is 0.329 e. The van der Waals surface area contributed by atoms with E-state index in [1.54, 1.807) is 0 Å². The van der Waals surface area contributed by atoms with Crippen LogP contribution < -0.4 is 5.56 Å². The lowest BCUT2D eigenvalue weighted by Crippen LogP contribution is -2.17. The van der Waals surface area contributed by atoms with Crippen molar-refractivity contribution in [2.24, 2.45) is 0 Å². The fourth-order valence-corrected chi connectivity index (χ4v) is 0.940.